The number of aromatic nitrogens is 3. The van der Waals surface area contributed by atoms with Crippen LogP contribution in [-0.2, 0) is 0 Å². The van der Waals surface area contributed by atoms with Crippen molar-refractivity contribution in [1.82, 2.24) is 29.9 Å². The lowest BCUT2D eigenvalue weighted by Gasteiger charge is -2.41. The number of phenols is 1. The molecule has 3 saturated heterocycles. The third-order valence-corrected chi connectivity index (χ3v) is 13.0. The first kappa shape index (κ1) is 38.3. The molecule has 3 aromatic carbocycles. The summed E-state index contributed by atoms with van der Waals surface area (Å²) in [4.78, 5) is 20.8. The van der Waals surface area contributed by atoms with E-state index in [1.807, 2.05) is 12.3 Å². The Labute approximate surface area is 355 Å². The largest absolute Gasteiger partial charge is 0.507 e. The van der Waals surface area contributed by atoms with Gasteiger partial charge in [-0.05, 0) is 79.4 Å². The van der Waals surface area contributed by atoms with Gasteiger partial charge in [-0.3, -0.25) is 10.1 Å². The summed E-state index contributed by atoms with van der Waals surface area (Å²) in [5, 5.41) is 21.8. The van der Waals surface area contributed by atoms with Crippen molar-refractivity contribution >= 4 is 34.0 Å². The topological polar surface area (TPSA) is 119 Å². The summed E-state index contributed by atoms with van der Waals surface area (Å²) in [5.74, 6) is -4.80. The van der Waals surface area contributed by atoms with E-state index in [-0.39, 0.29) is 74.8 Å². The number of carbonyl (C=O) groups is 1. The second kappa shape index (κ2) is 16.3. The van der Waals surface area contributed by atoms with Crippen molar-refractivity contribution < 1.29 is 30.2 Å². The van der Waals surface area contributed by atoms with E-state index < -0.39 is 42.9 Å². The molecular formula is C46H51F4N9O2. The highest BCUT2D eigenvalue weighted by atomic mass is 19.3. The maximum absolute atomic E-state index is 16.4. The molecule has 5 aromatic rings. The van der Waals surface area contributed by atoms with E-state index in [0.717, 1.165) is 18.4 Å². The number of aromatic hydroxyl groups is 1. The fourth-order valence-electron chi connectivity index (χ4n) is 9.54. The number of aryl methyl sites for hydroxylation is 1. The van der Waals surface area contributed by atoms with E-state index >= 15 is 17.6 Å². The molecule has 4 N–H and O–H groups in total. The number of carbonyl (C=O) groups excluding carboxylic acids is 1. The number of nitrogens with two attached hydrogens (primary N) is 1. The third kappa shape index (κ3) is 8.00. The summed E-state index contributed by atoms with van der Waals surface area (Å²) in [6, 6.07) is 18.6. The molecule has 9 rings (SSSR count). The number of rotatable bonds is 8. The van der Waals surface area contributed by atoms with Crippen molar-refractivity contribution in [3.63, 3.8) is 0 Å². The molecule has 0 spiro atoms. The second-order valence-corrected chi connectivity index (χ2v) is 16.8. The second-order valence-electron chi connectivity index (χ2n) is 16.8. The van der Waals surface area contributed by atoms with E-state index in [9.17, 15) is 9.90 Å². The van der Waals surface area contributed by atoms with Gasteiger partial charge in [0.2, 0.25) is 0 Å². The molecule has 4 aliphatic heterocycles. The highest BCUT2D eigenvalue weighted by molar-refractivity contribution is 5.94. The fraction of sp³-hybridized carbons (Fsp3) is 0.413. The Hall–Kier alpha value is -5.67. The van der Waals surface area contributed by atoms with Gasteiger partial charge in [0.05, 0.1) is 36.5 Å². The van der Waals surface area contributed by atoms with E-state index in [0.29, 0.717) is 52.1 Å². The van der Waals surface area contributed by atoms with Crippen molar-refractivity contribution in [2.24, 2.45) is 0 Å². The summed E-state index contributed by atoms with van der Waals surface area (Å²) >= 11 is 0. The highest BCUT2D eigenvalue weighted by Gasteiger charge is 2.46. The van der Waals surface area contributed by atoms with Gasteiger partial charge < -0.3 is 35.0 Å². The number of nitrogens with one attached hydrogen (secondary N) is 1. The average molecular weight is 840 g/mol. The minimum atomic E-state index is -3.03. The van der Waals surface area contributed by atoms with Gasteiger partial charge in [-0.1, -0.05) is 24.3 Å². The number of phenolic OH excluding ortho intramolecular Hbond substituents is 1. The minimum absolute atomic E-state index is 0.0101. The zero-order valence-electron chi connectivity index (χ0n) is 36.0. The number of piperidine rings is 3. The normalized spacial score (nSPS) is 23.9. The van der Waals surface area contributed by atoms with Crippen molar-refractivity contribution in [3.05, 3.63) is 108 Å². The monoisotopic (exact) mass is 839 g/mol. The van der Waals surface area contributed by atoms with Crippen molar-refractivity contribution in [2.45, 2.75) is 62.6 Å². The number of fused-ring (bicyclic) bond motifs is 1. The molecule has 4 aliphatic rings. The number of amides is 1. The lowest BCUT2D eigenvalue weighted by molar-refractivity contribution is -0.0425. The van der Waals surface area contributed by atoms with Crippen LogP contribution in [0.3, 0.4) is 0 Å². The van der Waals surface area contributed by atoms with Crippen LogP contribution in [0.1, 0.15) is 68.3 Å². The summed E-state index contributed by atoms with van der Waals surface area (Å²) < 4.78 is 81.7. The summed E-state index contributed by atoms with van der Waals surface area (Å²) in [7, 11) is 0. The Morgan fingerprint density at radius 1 is 0.967 bits per heavy atom. The molecule has 3 atom stereocenters. The van der Waals surface area contributed by atoms with Gasteiger partial charge in [-0.2, -0.15) is 0 Å². The SMILES string of the molecule is [2H]C1C=CN(c2ccc3c(ccn3C3CCN(CC4(F)CCN(C(=O)c5ccc(C6CN(c7cc(-c8ccccc8O)nnc7N)CCC6(F)F)c(C)c5)CC4)CC3)c2F)[C@@H]([2H])N1. The molecule has 0 aliphatic carbocycles. The molecule has 61 heavy (non-hydrogen) atoms. The van der Waals surface area contributed by atoms with Crippen LogP contribution in [0, 0.1) is 12.7 Å². The lowest BCUT2D eigenvalue weighted by atomic mass is 9.84. The van der Waals surface area contributed by atoms with Crippen LogP contribution in [0.25, 0.3) is 22.2 Å². The van der Waals surface area contributed by atoms with Crippen molar-refractivity contribution in [1.29, 1.82) is 0 Å². The number of nitrogens with zero attached hydrogens (tertiary/aromatic N) is 7. The van der Waals surface area contributed by atoms with Crippen molar-refractivity contribution in [2.75, 3.05) is 74.5 Å². The van der Waals surface area contributed by atoms with Gasteiger partial charge in [0, 0.05) is 108 Å². The summed E-state index contributed by atoms with van der Waals surface area (Å²) in [5.41, 5.74) is 8.39. The maximum atomic E-state index is 16.4. The number of nitrogen functional groups attached to an aromatic ring is 1. The lowest BCUT2D eigenvalue weighted by Crippen LogP contribution is -2.51. The van der Waals surface area contributed by atoms with Gasteiger partial charge in [0.1, 0.15) is 11.4 Å². The zero-order valence-corrected chi connectivity index (χ0v) is 34.0. The van der Waals surface area contributed by atoms with Crippen LogP contribution >= 0.6 is 0 Å². The standard InChI is InChI=1S/C46H51F4N9O2/c1-30-25-31(7-8-33(30)36-27-57(24-16-46(36,49)50)40-26-37(53-54-43(40)51)34-5-2-3-6-41(34)60)44(61)56-22-14-45(48,15-23-56)28-55-19-11-32(12-20-55)59-21-13-35-38(59)9-10-39(42(35)47)58-18-4-17-52-29-58/h2-10,13,18,21,25-26,32,36,52,60H,11-12,14-17,19-20,22-24,27-29H2,1H3,(H2,51,54)/i17D,29D/t17?,29-,36?/m0/s1. The summed E-state index contributed by atoms with van der Waals surface area (Å²) in [6.07, 6.45) is 6.51. The van der Waals surface area contributed by atoms with E-state index in [1.165, 1.54) is 11.0 Å². The predicted molar refractivity (Wildman–Crippen MR) is 229 cm³/mol. The van der Waals surface area contributed by atoms with Gasteiger partial charge in [0.25, 0.3) is 11.8 Å². The van der Waals surface area contributed by atoms with Crippen LogP contribution in [-0.4, -0.2) is 106 Å². The Kier molecular flexibility index (Phi) is 10.2. The fourth-order valence-corrected chi connectivity index (χ4v) is 9.54. The first-order valence-corrected chi connectivity index (χ1v) is 20.9. The summed E-state index contributed by atoms with van der Waals surface area (Å²) in [6.45, 7) is 2.11. The Balaban J connectivity index is 0.801. The third-order valence-electron chi connectivity index (χ3n) is 13.0. The molecule has 11 nitrogen and oxygen atoms in total. The molecule has 320 valence electrons. The van der Waals surface area contributed by atoms with Crippen LogP contribution in [0.5, 0.6) is 5.75 Å². The van der Waals surface area contributed by atoms with Gasteiger partial charge >= 0.3 is 0 Å². The van der Waals surface area contributed by atoms with Gasteiger partial charge in [-0.15, -0.1) is 10.2 Å². The first-order valence-electron chi connectivity index (χ1n) is 22.1. The smallest absolute Gasteiger partial charge is 0.258 e. The van der Waals surface area contributed by atoms with E-state index in [4.69, 9.17) is 8.48 Å². The Morgan fingerprint density at radius 3 is 2.51 bits per heavy atom. The molecule has 2 unspecified atom stereocenters. The number of likely N-dealkylation sites (tertiary alicyclic amines) is 2. The molecule has 0 bridgehead atoms. The van der Waals surface area contributed by atoms with Crippen LogP contribution in [0.4, 0.5) is 34.8 Å². The number of alkyl halides is 3. The number of halogens is 4. The molecular weight excluding hydrogens is 787 g/mol. The highest BCUT2D eigenvalue weighted by Crippen LogP contribution is 2.44. The number of benzene rings is 3. The molecule has 2 aromatic heterocycles. The molecule has 6 heterocycles. The van der Waals surface area contributed by atoms with Gasteiger partial charge in [-0.25, -0.2) is 17.6 Å². The number of anilines is 3. The molecule has 1 amide bonds. The number of para-hydroxylation sites is 1. The Bertz CT molecular complexity index is 2540. The maximum Gasteiger partial charge on any atom is 0.258 e. The average Bonchev–Trinajstić information content (AvgIpc) is 3.70. The van der Waals surface area contributed by atoms with Crippen LogP contribution < -0.4 is 20.9 Å². The minimum Gasteiger partial charge on any atom is -0.507 e. The van der Waals surface area contributed by atoms with Crippen LogP contribution in [0.15, 0.2) is 85.2 Å². The predicted octanol–water partition coefficient (Wildman–Crippen LogP) is 7.63. The molecule has 3 fully saturated rings. The van der Waals surface area contributed by atoms with E-state index in [2.05, 4.69) is 25.0 Å². The van der Waals surface area contributed by atoms with Crippen molar-refractivity contribution in [3.8, 4) is 17.0 Å². The Morgan fingerprint density at radius 2 is 1.75 bits per heavy atom. The molecule has 15 heteroatoms. The van der Waals surface area contributed by atoms with Crippen LogP contribution in [0.2, 0.25) is 0 Å². The number of hydrogen-bond donors (Lipinski definition) is 3. The quantitative estimate of drug-likeness (QED) is 0.136. The first-order chi connectivity index (χ1) is 30.2. The van der Waals surface area contributed by atoms with E-state index in [1.54, 1.807) is 83.6 Å². The van der Waals surface area contributed by atoms with Gasteiger partial charge in [0.15, 0.2) is 11.6 Å². The number of hydrogen-bond acceptors (Lipinski definition) is 9. The molecule has 0 saturated carbocycles. The molecule has 0 radical (unpaired) electrons. The zero-order chi connectivity index (χ0) is 44.2.